The number of nitrogens with one attached hydrogen (secondary N) is 1. The third kappa shape index (κ3) is 4.28. The summed E-state index contributed by atoms with van der Waals surface area (Å²) in [6.45, 7) is 2.80. The molecule has 27 heavy (non-hydrogen) atoms. The fraction of sp³-hybridized carbons (Fsp3) is 0.238. The molecular weight excluding hydrogens is 360 g/mol. The smallest absolute Gasteiger partial charge is 0.231 e. The van der Waals surface area contributed by atoms with Crippen molar-refractivity contribution < 1.29 is 14.3 Å². The Morgan fingerprint density at radius 3 is 2.96 bits per heavy atom. The van der Waals surface area contributed by atoms with E-state index in [1.54, 1.807) is 11.3 Å². The lowest BCUT2D eigenvalue weighted by atomic mass is 10.1. The van der Waals surface area contributed by atoms with Crippen molar-refractivity contribution in [2.24, 2.45) is 0 Å². The van der Waals surface area contributed by atoms with Gasteiger partial charge in [-0.2, -0.15) is 0 Å². The topological polar surface area (TPSA) is 60.5 Å². The number of aromatic nitrogens is 1. The van der Waals surface area contributed by atoms with Crippen molar-refractivity contribution in [2.45, 2.75) is 26.3 Å². The Morgan fingerprint density at radius 1 is 1.19 bits per heavy atom. The summed E-state index contributed by atoms with van der Waals surface area (Å²) < 4.78 is 10.6. The van der Waals surface area contributed by atoms with Crippen LogP contribution in [0.3, 0.4) is 0 Å². The molecule has 0 saturated carbocycles. The SMILES string of the molecule is Cc1cccc(-c2nc(CCC(=O)NCc3ccc4c(c3)OCO4)cs2)c1. The van der Waals surface area contributed by atoms with Crippen molar-refractivity contribution in [2.75, 3.05) is 6.79 Å². The van der Waals surface area contributed by atoms with Crippen molar-refractivity contribution in [3.8, 4) is 22.1 Å². The second kappa shape index (κ2) is 7.80. The molecule has 1 amide bonds. The minimum atomic E-state index is 0.0118. The molecule has 0 unspecified atom stereocenters. The number of hydrogen-bond acceptors (Lipinski definition) is 5. The zero-order chi connectivity index (χ0) is 18.6. The summed E-state index contributed by atoms with van der Waals surface area (Å²) in [7, 11) is 0. The van der Waals surface area contributed by atoms with Gasteiger partial charge in [0.05, 0.1) is 5.69 Å². The van der Waals surface area contributed by atoms with E-state index in [-0.39, 0.29) is 12.7 Å². The summed E-state index contributed by atoms with van der Waals surface area (Å²) in [4.78, 5) is 16.8. The zero-order valence-corrected chi connectivity index (χ0v) is 15.8. The Kier molecular flexibility index (Phi) is 5.07. The molecule has 0 atom stereocenters. The molecule has 0 spiro atoms. The van der Waals surface area contributed by atoms with Crippen LogP contribution in [0.4, 0.5) is 0 Å². The number of benzene rings is 2. The molecule has 3 aromatic rings. The lowest BCUT2D eigenvalue weighted by molar-refractivity contribution is -0.121. The number of aryl methyl sites for hydroxylation is 2. The predicted molar refractivity (Wildman–Crippen MR) is 105 cm³/mol. The fourth-order valence-corrected chi connectivity index (χ4v) is 3.77. The number of carbonyl (C=O) groups excluding carboxylic acids is 1. The summed E-state index contributed by atoms with van der Waals surface area (Å²) in [5.74, 6) is 1.49. The first-order valence-electron chi connectivity index (χ1n) is 8.84. The number of fused-ring (bicyclic) bond motifs is 1. The van der Waals surface area contributed by atoms with E-state index in [9.17, 15) is 4.79 Å². The first kappa shape index (κ1) is 17.5. The third-order valence-electron chi connectivity index (χ3n) is 4.35. The van der Waals surface area contributed by atoms with Crippen LogP contribution in [0, 0.1) is 6.92 Å². The molecule has 2 heterocycles. The Hall–Kier alpha value is -2.86. The summed E-state index contributed by atoms with van der Waals surface area (Å²) in [6, 6.07) is 14.0. The zero-order valence-electron chi connectivity index (χ0n) is 15.0. The fourth-order valence-electron chi connectivity index (χ4n) is 2.91. The van der Waals surface area contributed by atoms with Crippen molar-refractivity contribution in [3.05, 3.63) is 64.7 Å². The van der Waals surface area contributed by atoms with Gasteiger partial charge in [0.1, 0.15) is 5.01 Å². The standard InChI is InChI=1S/C21H20N2O3S/c1-14-3-2-4-16(9-14)21-23-17(12-27-21)6-8-20(24)22-11-15-5-7-18-19(10-15)26-13-25-18/h2-5,7,9-10,12H,6,8,11,13H2,1H3,(H,22,24). The van der Waals surface area contributed by atoms with Crippen molar-refractivity contribution in [1.82, 2.24) is 10.3 Å². The number of ether oxygens (including phenoxy) is 2. The molecule has 2 aromatic carbocycles. The highest BCUT2D eigenvalue weighted by molar-refractivity contribution is 7.13. The maximum atomic E-state index is 12.2. The molecule has 6 heteroatoms. The number of nitrogens with zero attached hydrogens (tertiary/aromatic N) is 1. The highest BCUT2D eigenvalue weighted by Gasteiger charge is 2.13. The number of thiazole rings is 1. The number of hydrogen-bond donors (Lipinski definition) is 1. The van der Waals surface area contributed by atoms with Crippen molar-refractivity contribution in [1.29, 1.82) is 0 Å². The molecule has 1 aliphatic heterocycles. The highest BCUT2D eigenvalue weighted by Crippen LogP contribution is 2.32. The van der Waals surface area contributed by atoms with Crippen LogP contribution in [0.2, 0.25) is 0 Å². The Morgan fingerprint density at radius 2 is 2.07 bits per heavy atom. The van der Waals surface area contributed by atoms with Gasteiger partial charge in [-0.15, -0.1) is 11.3 Å². The van der Waals surface area contributed by atoms with Crippen molar-refractivity contribution >= 4 is 17.2 Å². The molecule has 0 aliphatic carbocycles. The second-order valence-electron chi connectivity index (χ2n) is 6.48. The molecular formula is C21H20N2O3S. The summed E-state index contributed by atoms with van der Waals surface area (Å²) in [5, 5.41) is 5.97. The van der Waals surface area contributed by atoms with Gasteiger partial charge in [0.2, 0.25) is 12.7 Å². The van der Waals surface area contributed by atoms with Crippen LogP contribution in [0.5, 0.6) is 11.5 Å². The van der Waals surface area contributed by atoms with Crippen LogP contribution in [-0.4, -0.2) is 17.7 Å². The molecule has 138 valence electrons. The summed E-state index contributed by atoms with van der Waals surface area (Å²) in [5.41, 5.74) is 4.28. The Balaban J connectivity index is 1.28. The maximum absolute atomic E-state index is 12.2. The van der Waals surface area contributed by atoms with Crippen LogP contribution in [0.15, 0.2) is 47.8 Å². The van der Waals surface area contributed by atoms with Gasteiger partial charge in [-0.1, -0.05) is 29.8 Å². The van der Waals surface area contributed by atoms with E-state index in [0.29, 0.717) is 19.4 Å². The third-order valence-corrected chi connectivity index (χ3v) is 5.29. The maximum Gasteiger partial charge on any atom is 0.231 e. The first-order valence-corrected chi connectivity index (χ1v) is 9.72. The van der Waals surface area contributed by atoms with Gasteiger partial charge >= 0.3 is 0 Å². The Bertz CT molecular complexity index is 968. The normalized spacial score (nSPS) is 12.2. The van der Waals surface area contributed by atoms with Crippen LogP contribution in [0.25, 0.3) is 10.6 Å². The lowest BCUT2D eigenvalue weighted by Gasteiger charge is -2.06. The lowest BCUT2D eigenvalue weighted by Crippen LogP contribution is -2.23. The van der Waals surface area contributed by atoms with E-state index >= 15 is 0 Å². The first-order chi connectivity index (χ1) is 13.2. The molecule has 4 rings (SSSR count). The van der Waals surface area contributed by atoms with E-state index in [0.717, 1.165) is 33.3 Å². The van der Waals surface area contributed by atoms with E-state index in [1.165, 1.54) is 5.56 Å². The molecule has 1 aromatic heterocycles. The Labute approximate surface area is 162 Å². The molecule has 0 saturated heterocycles. The van der Waals surface area contributed by atoms with Crippen LogP contribution in [-0.2, 0) is 17.8 Å². The van der Waals surface area contributed by atoms with Gasteiger partial charge in [0.15, 0.2) is 11.5 Å². The van der Waals surface area contributed by atoms with Crippen LogP contribution >= 0.6 is 11.3 Å². The highest BCUT2D eigenvalue weighted by atomic mass is 32.1. The van der Waals surface area contributed by atoms with Gasteiger partial charge in [-0.05, 0) is 37.1 Å². The van der Waals surface area contributed by atoms with Crippen molar-refractivity contribution in [3.63, 3.8) is 0 Å². The van der Waals surface area contributed by atoms with E-state index < -0.39 is 0 Å². The van der Waals surface area contributed by atoms with Crippen LogP contribution < -0.4 is 14.8 Å². The largest absolute Gasteiger partial charge is 0.454 e. The second-order valence-corrected chi connectivity index (χ2v) is 7.34. The molecule has 0 bridgehead atoms. The van der Waals surface area contributed by atoms with E-state index in [4.69, 9.17) is 9.47 Å². The van der Waals surface area contributed by atoms with Gasteiger partial charge < -0.3 is 14.8 Å². The number of carbonyl (C=O) groups is 1. The molecule has 1 N–H and O–H groups in total. The van der Waals surface area contributed by atoms with E-state index in [2.05, 4.69) is 35.4 Å². The quantitative estimate of drug-likeness (QED) is 0.700. The van der Waals surface area contributed by atoms with Crippen LogP contribution in [0.1, 0.15) is 23.2 Å². The van der Waals surface area contributed by atoms with Gasteiger partial charge in [-0.25, -0.2) is 4.98 Å². The van der Waals surface area contributed by atoms with Gasteiger partial charge in [-0.3, -0.25) is 4.79 Å². The summed E-state index contributed by atoms with van der Waals surface area (Å²) >= 11 is 1.62. The average molecular weight is 380 g/mol. The molecule has 1 aliphatic rings. The molecule has 0 fully saturated rings. The van der Waals surface area contributed by atoms with Gasteiger partial charge in [0.25, 0.3) is 0 Å². The number of rotatable bonds is 6. The summed E-state index contributed by atoms with van der Waals surface area (Å²) in [6.07, 6.45) is 1.05. The minimum Gasteiger partial charge on any atom is -0.454 e. The van der Waals surface area contributed by atoms with E-state index in [1.807, 2.05) is 29.6 Å². The number of amides is 1. The average Bonchev–Trinajstić information content (AvgIpc) is 3.33. The molecule has 0 radical (unpaired) electrons. The predicted octanol–water partition coefficient (Wildman–Crippen LogP) is 4.10. The minimum absolute atomic E-state index is 0.0118. The molecule has 5 nitrogen and oxygen atoms in total. The van der Waals surface area contributed by atoms with Gasteiger partial charge in [0, 0.05) is 23.9 Å². The monoisotopic (exact) mass is 380 g/mol.